The molecular formula is C16H21NO2. The average molecular weight is 259 g/mol. The highest BCUT2D eigenvalue weighted by molar-refractivity contribution is 5.99. The molecule has 0 saturated carbocycles. The van der Waals surface area contributed by atoms with E-state index in [1.807, 2.05) is 51.1 Å². The zero-order valence-electron chi connectivity index (χ0n) is 11.8. The van der Waals surface area contributed by atoms with Crippen LogP contribution in [0.15, 0.2) is 30.3 Å². The third-order valence-corrected chi connectivity index (χ3v) is 4.08. The van der Waals surface area contributed by atoms with Crippen molar-refractivity contribution >= 4 is 11.8 Å². The molecule has 2 amide bonds. The fourth-order valence-corrected chi connectivity index (χ4v) is 2.41. The van der Waals surface area contributed by atoms with E-state index < -0.39 is 5.41 Å². The van der Waals surface area contributed by atoms with Gasteiger partial charge in [0.15, 0.2) is 0 Å². The van der Waals surface area contributed by atoms with Gasteiger partial charge >= 0.3 is 0 Å². The highest BCUT2D eigenvalue weighted by atomic mass is 16.2. The number of imide groups is 1. The SMILES string of the molecule is CCC(C)(C)C(=O)N1C(=O)CCC1c1ccccc1. The molecule has 0 radical (unpaired) electrons. The summed E-state index contributed by atoms with van der Waals surface area (Å²) in [4.78, 5) is 26.1. The van der Waals surface area contributed by atoms with Gasteiger partial charge in [0, 0.05) is 11.8 Å². The molecule has 102 valence electrons. The molecular weight excluding hydrogens is 238 g/mol. The summed E-state index contributed by atoms with van der Waals surface area (Å²) >= 11 is 0. The lowest BCUT2D eigenvalue weighted by Gasteiger charge is -2.31. The monoisotopic (exact) mass is 259 g/mol. The smallest absolute Gasteiger partial charge is 0.235 e. The van der Waals surface area contributed by atoms with Gasteiger partial charge in [-0.15, -0.1) is 0 Å². The molecule has 2 rings (SSSR count). The van der Waals surface area contributed by atoms with Crippen molar-refractivity contribution in [1.82, 2.24) is 4.90 Å². The number of rotatable bonds is 3. The van der Waals surface area contributed by atoms with E-state index in [1.54, 1.807) is 0 Å². The summed E-state index contributed by atoms with van der Waals surface area (Å²) in [5, 5.41) is 0. The number of amides is 2. The first kappa shape index (κ1) is 13.8. The molecule has 0 N–H and O–H groups in total. The third-order valence-electron chi connectivity index (χ3n) is 4.08. The van der Waals surface area contributed by atoms with Gasteiger partial charge in [-0.1, -0.05) is 51.1 Å². The quantitative estimate of drug-likeness (QED) is 0.835. The van der Waals surface area contributed by atoms with Crippen LogP contribution in [0.1, 0.15) is 51.6 Å². The van der Waals surface area contributed by atoms with Gasteiger partial charge in [-0.05, 0) is 18.4 Å². The van der Waals surface area contributed by atoms with Crippen molar-refractivity contribution in [3.05, 3.63) is 35.9 Å². The number of carbonyl (C=O) groups is 2. The first-order chi connectivity index (χ1) is 8.97. The fraction of sp³-hybridized carbons (Fsp3) is 0.500. The maximum Gasteiger partial charge on any atom is 0.235 e. The van der Waals surface area contributed by atoms with E-state index in [4.69, 9.17) is 0 Å². The molecule has 1 aliphatic rings. The largest absolute Gasteiger partial charge is 0.275 e. The van der Waals surface area contributed by atoms with Crippen molar-refractivity contribution in [3.8, 4) is 0 Å². The molecule has 1 aliphatic heterocycles. The van der Waals surface area contributed by atoms with Gasteiger partial charge in [0.2, 0.25) is 11.8 Å². The maximum absolute atomic E-state index is 12.6. The molecule has 0 aliphatic carbocycles. The lowest BCUT2D eigenvalue weighted by Crippen LogP contribution is -2.42. The molecule has 3 nitrogen and oxygen atoms in total. The molecule has 1 aromatic rings. The second kappa shape index (κ2) is 5.16. The predicted octanol–water partition coefficient (Wildman–Crippen LogP) is 3.31. The molecule has 19 heavy (non-hydrogen) atoms. The second-order valence-electron chi connectivity index (χ2n) is 5.77. The fourth-order valence-electron chi connectivity index (χ4n) is 2.41. The Kier molecular flexibility index (Phi) is 3.74. The van der Waals surface area contributed by atoms with Crippen LogP contribution >= 0.6 is 0 Å². The van der Waals surface area contributed by atoms with Gasteiger partial charge in [-0.2, -0.15) is 0 Å². The van der Waals surface area contributed by atoms with Crippen LogP contribution < -0.4 is 0 Å². The second-order valence-corrected chi connectivity index (χ2v) is 5.77. The van der Waals surface area contributed by atoms with Crippen molar-refractivity contribution in [3.63, 3.8) is 0 Å². The van der Waals surface area contributed by atoms with E-state index in [2.05, 4.69) is 0 Å². The van der Waals surface area contributed by atoms with E-state index in [1.165, 1.54) is 4.90 Å². The molecule has 3 heteroatoms. The molecule has 1 heterocycles. The zero-order chi connectivity index (χ0) is 14.0. The van der Waals surface area contributed by atoms with E-state index in [0.717, 1.165) is 18.4 Å². The van der Waals surface area contributed by atoms with Gasteiger partial charge in [0.25, 0.3) is 0 Å². The zero-order valence-corrected chi connectivity index (χ0v) is 11.8. The number of likely N-dealkylation sites (tertiary alicyclic amines) is 1. The normalized spacial score (nSPS) is 19.8. The molecule has 1 atom stereocenters. The van der Waals surface area contributed by atoms with Crippen molar-refractivity contribution in [2.24, 2.45) is 5.41 Å². The lowest BCUT2D eigenvalue weighted by molar-refractivity contribution is -0.150. The first-order valence-electron chi connectivity index (χ1n) is 6.89. The predicted molar refractivity (Wildman–Crippen MR) is 74.3 cm³/mol. The van der Waals surface area contributed by atoms with E-state index in [-0.39, 0.29) is 17.9 Å². The Bertz CT molecular complexity index is 479. The Labute approximate surface area is 114 Å². The van der Waals surface area contributed by atoms with Gasteiger partial charge < -0.3 is 0 Å². The number of hydrogen-bond donors (Lipinski definition) is 0. The number of nitrogens with zero attached hydrogens (tertiary/aromatic N) is 1. The van der Waals surface area contributed by atoms with E-state index in [9.17, 15) is 9.59 Å². The molecule has 0 spiro atoms. The minimum Gasteiger partial charge on any atom is -0.275 e. The summed E-state index contributed by atoms with van der Waals surface area (Å²) in [5.74, 6) is -0.0910. The Morgan fingerprint density at radius 3 is 2.53 bits per heavy atom. The van der Waals surface area contributed by atoms with Gasteiger partial charge in [-0.25, -0.2) is 0 Å². The van der Waals surface area contributed by atoms with Crippen LogP contribution in [0.25, 0.3) is 0 Å². The number of benzene rings is 1. The molecule has 1 saturated heterocycles. The summed E-state index contributed by atoms with van der Waals surface area (Å²) in [6.07, 6.45) is 1.93. The Morgan fingerprint density at radius 2 is 1.95 bits per heavy atom. The summed E-state index contributed by atoms with van der Waals surface area (Å²) in [5.41, 5.74) is 0.570. The van der Waals surface area contributed by atoms with Crippen LogP contribution in [-0.4, -0.2) is 16.7 Å². The van der Waals surface area contributed by atoms with Crippen LogP contribution in [0.5, 0.6) is 0 Å². The third kappa shape index (κ3) is 2.55. The number of carbonyl (C=O) groups excluding carboxylic acids is 2. The average Bonchev–Trinajstić information content (AvgIpc) is 2.80. The Hall–Kier alpha value is -1.64. The van der Waals surface area contributed by atoms with E-state index >= 15 is 0 Å². The van der Waals surface area contributed by atoms with Gasteiger partial charge in [0.05, 0.1) is 6.04 Å². The van der Waals surface area contributed by atoms with Crippen LogP contribution in [0.4, 0.5) is 0 Å². The van der Waals surface area contributed by atoms with Gasteiger partial charge in [-0.3, -0.25) is 14.5 Å². The van der Waals surface area contributed by atoms with Crippen LogP contribution in [0.2, 0.25) is 0 Å². The minimum atomic E-state index is -0.479. The topological polar surface area (TPSA) is 37.4 Å². The Balaban J connectivity index is 2.31. The molecule has 1 aromatic carbocycles. The minimum absolute atomic E-state index is 0.0413. The summed E-state index contributed by atoms with van der Waals surface area (Å²) in [6.45, 7) is 5.79. The molecule has 0 aromatic heterocycles. The van der Waals surface area contributed by atoms with Crippen molar-refractivity contribution in [1.29, 1.82) is 0 Å². The molecule has 1 unspecified atom stereocenters. The summed E-state index contributed by atoms with van der Waals surface area (Å²) in [6, 6.07) is 9.73. The van der Waals surface area contributed by atoms with Crippen LogP contribution in [0.3, 0.4) is 0 Å². The summed E-state index contributed by atoms with van der Waals surface area (Å²) < 4.78 is 0. The molecule has 1 fully saturated rings. The van der Waals surface area contributed by atoms with Crippen molar-refractivity contribution < 1.29 is 9.59 Å². The highest BCUT2D eigenvalue weighted by Gasteiger charge is 2.41. The standard InChI is InChI=1S/C16H21NO2/c1-4-16(2,3)15(19)17-13(10-11-14(17)18)12-8-6-5-7-9-12/h5-9,13H,4,10-11H2,1-3H3. The lowest BCUT2D eigenvalue weighted by atomic mass is 9.88. The van der Waals surface area contributed by atoms with Gasteiger partial charge in [0.1, 0.15) is 0 Å². The number of hydrogen-bond acceptors (Lipinski definition) is 2. The van der Waals surface area contributed by atoms with E-state index in [0.29, 0.717) is 6.42 Å². The van der Waals surface area contributed by atoms with Crippen molar-refractivity contribution in [2.75, 3.05) is 0 Å². The highest BCUT2D eigenvalue weighted by Crippen LogP contribution is 2.36. The van der Waals surface area contributed by atoms with Crippen LogP contribution in [-0.2, 0) is 9.59 Å². The maximum atomic E-state index is 12.6. The molecule has 0 bridgehead atoms. The Morgan fingerprint density at radius 1 is 1.32 bits per heavy atom. The summed E-state index contributed by atoms with van der Waals surface area (Å²) in [7, 11) is 0. The van der Waals surface area contributed by atoms with Crippen molar-refractivity contribution in [2.45, 2.75) is 46.1 Å². The van der Waals surface area contributed by atoms with Crippen LogP contribution in [0, 0.1) is 5.41 Å². The first-order valence-corrected chi connectivity index (χ1v) is 6.89.